The van der Waals surface area contributed by atoms with Gasteiger partial charge in [0.25, 0.3) is 0 Å². The highest BCUT2D eigenvalue weighted by atomic mass is 79.9. The van der Waals surface area contributed by atoms with Gasteiger partial charge in [0, 0.05) is 18.5 Å². The number of rotatable bonds is 2. The second kappa shape index (κ2) is 4.67. The predicted molar refractivity (Wildman–Crippen MR) is 65.7 cm³/mol. The highest BCUT2D eigenvalue weighted by molar-refractivity contribution is 9.10. The molecule has 0 fully saturated rings. The number of anilines is 1. The Morgan fingerprint density at radius 1 is 1.25 bits per heavy atom. The largest absolute Gasteiger partial charge is 0.424 e. The van der Waals surface area contributed by atoms with Crippen LogP contribution >= 0.6 is 27.5 Å². The molecule has 0 bridgehead atoms. The molecule has 2 N–H and O–H groups in total. The third-order valence-corrected chi connectivity index (χ3v) is 2.51. The molecule has 4 nitrogen and oxygen atoms in total. The van der Waals surface area contributed by atoms with Gasteiger partial charge in [0.15, 0.2) is 0 Å². The lowest BCUT2D eigenvalue weighted by molar-refractivity contribution is 0.441. The van der Waals surface area contributed by atoms with E-state index in [1.807, 2.05) is 0 Å². The Hall–Kier alpha value is -1.33. The first-order chi connectivity index (χ1) is 7.65. The summed E-state index contributed by atoms with van der Waals surface area (Å²) in [7, 11) is 0. The van der Waals surface area contributed by atoms with Gasteiger partial charge in [0.05, 0.1) is 15.2 Å². The zero-order valence-electron chi connectivity index (χ0n) is 8.02. The van der Waals surface area contributed by atoms with Crippen molar-refractivity contribution in [2.24, 2.45) is 0 Å². The fraction of sp³-hybridized carbons (Fsp3) is 0. The maximum Gasteiger partial charge on any atom is 0.321 e. The van der Waals surface area contributed by atoms with Crippen LogP contribution < -0.4 is 10.5 Å². The van der Waals surface area contributed by atoms with Crippen LogP contribution in [0.5, 0.6) is 11.8 Å². The number of benzene rings is 1. The molecule has 1 heterocycles. The van der Waals surface area contributed by atoms with Gasteiger partial charge < -0.3 is 10.5 Å². The molecule has 0 radical (unpaired) electrons. The maximum atomic E-state index is 5.85. The minimum Gasteiger partial charge on any atom is -0.424 e. The van der Waals surface area contributed by atoms with Crippen LogP contribution in [0.2, 0.25) is 5.02 Å². The van der Waals surface area contributed by atoms with Crippen LogP contribution in [-0.2, 0) is 0 Å². The number of aromatic nitrogens is 2. The van der Waals surface area contributed by atoms with Crippen molar-refractivity contribution >= 4 is 33.2 Å². The number of nitrogens with two attached hydrogens (primary N) is 1. The van der Waals surface area contributed by atoms with E-state index >= 15 is 0 Å². The van der Waals surface area contributed by atoms with Gasteiger partial charge in [0.1, 0.15) is 5.75 Å². The van der Waals surface area contributed by atoms with Crippen molar-refractivity contribution in [2.75, 3.05) is 5.73 Å². The molecule has 0 aliphatic carbocycles. The molecule has 0 aliphatic heterocycles. The van der Waals surface area contributed by atoms with E-state index in [1.54, 1.807) is 30.6 Å². The summed E-state index contributed by atoms with van der Waals surface area (Å²) in [5.74, 6) is 0.543. The fourth-order valence-electron chi connectivity index (χ4n) is 1.03. The average molecular weight is 301 g/mol. The molecule has 0 unspecified atom stereocenters. The van der Waals surface area contributed by atoms with E-state index in [0.717, 1.165) is 4.47 Å². The van der Waals surface area contributed by atoms with E-state index in [0.29, 0.717) is 16.5 Å². The number of hydrogen-bond acceptors (Lipinski definition) is 4. The summed E-state index contributed by atoms with van der Waals surface area (Å²) in [5, 5.41) is 0.439. The second-order valence-corrected chi connectivity index (χ2v) is 4.29. The SMILES string of the molecule is Nc1ccc(Oc2ncc(Br)cn2)cc1Cl. The summed E-state index contributed by atoms with van der Waals surface area (Å²) >= 11 is 9.09. The number of ether oxygens (including phenoxy) is 1. The molecule has 2 aromatic rings. The molecule has 2 rings (SSSR count). The molecular formula is C10H7BrClN3O. The van der Waals surface area contributed by atoms with Gasteiger partial charge in [-0.3, -0.25) is 0 Å². The van der Waals surface area contributed by atoms with E-state index in [-0.39, 0.29) is 6.01 Å². The molecule has 0 aliphatic rings. The summed E-state index contributed by atoms with van der Waals surface area (Å²) in [6.45, 7) is 0. The van der Waals surface area contributed by atoms with Gasteiger partial charge in [-0.25, -0.2) is 9.97 Å². The molecule has 0 saturated carbocycles. The Morgan fingerprint density at radius 2 is 1.94 bits per heavy atom. The van der Waals surface area contributed by atoms with Crippen LogP contribution in [0.3, 0.4) is 0 Å². The van der Waals surface area contributed by atoms with E-state index < -0.39 is 0 Å². The van der Waals surface area contributed by atoms with Gasteiger partial charge in [-0.15, -0.1) is 0 Å². The number of nitrogens with zero attached hydrogens (tertiary/aromatic N) is 2. The summed E-state index contributed by atoms with van der Waals surface area (Å²) in [4.78, 5) is 7.94. The molecule has 0 amide bonds. The van der Waals surface area contributed by atoms with Crippen LogP contribution in [0.15, 0.2) is 35.1 Å². The van der Waals surface area contributed by atoms with Crippen molar-refractivity contribution < 1.29 is 4.74 Å². The highest BCUT2D eigenvalue weighted by Crippen LogP contribution is 2.26. The Labute approximate surface area is 106 Å². The molecule has 1 aromatic carbocycles. The Bertz CT molecular complexity index is 504. The summed E-state index contributed by atoms with van der Waals surface area (Å²) in [6.07, 6.45) is 3.20. The quantitative estimate of drug-likeness (QED) is 0.865. The van der Waals surface area contributed by atoms with Crippen molar-refractivity contribution in [3.63, 3.8) is 0 Å². The maximum absolute atomic E-state index is 5.85. The second-order valence-electron chi connectivity index (χ2n) is 2.97. The molecule has 1 aromatic heterocycles. The van der Waals surface area contributed by atoms with Crippen molar-refractivity contribution in [1.82, 2.24) is 9.97 Å². The third kappa shape index (κ3) is 2.62. The van der Waals surface area contributed by atoms with Crippen molar-refractivity contribution in [1.29, 1.82) is 0 Å². The van der Waals surface area contributed by atoms with Crippen LogP contribution in [-0.4, -0.2) is 9.97 Å². The molecule has 82 valence electrons. The van der Waals surface area contributed by atoms with Crippen LogP contribution in [0.4, 0.5) is 5.69 Å². The van der Waals surface area contributed by atoms with Crippen LogP contribution in [0, 0.1) is 0 Å². The Kier molecular flexibility index (Phi) is 3.26. The number of halogens is 2. The normalized spacial score (nSPS) is 10.1. The van der Waals surface area contributed by atoms with E-state index in [9.17, 15) is 0 Å². The third-order valence-electron chi connectivity index (χ3n) is 1.78. The zero-order chi connectivity index (χ0) is 11.5. The molecule has 0 saturated heterocycles. The average Bonchev–Trinajstić information content (AvgIpc) is 2.27. The Morgan fingerprint density at radius 3 is 2.56 bits per heavy atom. The zero-order valence-corrected chi connectivity index (χ0v) is 10.4. The standard InChI is InChI=1S/C10H7BrClN3O/c11-6-4-14-10(15-5-6)16-7-1-2-9(13)8(12)3-7/h1-5H,13H2. The topological polar surface area (TPSA) is 61.0 Å². The minimum absolute atomic E-state index is 0.254. The monoisotopic (exact) mass is 299 g/mol. The van der Waals surface area contributed by atoms with Gasteiger partial charge in [-0.05, 0) is 28.1 Å². The summed E-state index contributed by atoms with van der Waals surface area (Å²) < 4.78 is 6.17. The van der Waals surface area contributed by atoms with Crippen LogP contribution in [0.1, 0.15) is 0 Å². The van der Waals surface area contributed by atoms with Crippen molar-refractivity contribution in [3.05, 3.63) is 40.1 Å². The van der Waals surface area contributed by atoms with Crippen LogP contribution in [0.25, 0.3) is 0 Å². The Balaban J connectivity index is 2.20. The molecule has 6 heteroatoms. The minimum atomic E-state index is 0.254. The summed E-state index contributed by atoms with van der Waals surface area (Å²) in [6, 6.07) is 5.23. The first-order valence-corrected chi connectivity index (χ1v) is 5.52. The molecule has 0 atom stereocenters. The van der Waals surface area contributed by atoms with Crippen molar-refractivity contribution in [2.45, 2.75) is 0 Å². The number of hydrogen-bond donors (Lipinski definition) is 1. The lowest BCUT2D eigenvalue weighted by Crippen LogP contribution is -1.92. The van der Waals surface area contributed by atoms with E-state index in [1.165, 1.54) is 0 Å². The van der Waals surface area contributed by atoms with Gasteiger partial charge in [-0.2, -0.15) is 0 Å². The summed E-state index contributed by atoms with van der Waals surface area (Å²) in [5.41, 5.74) is 6.08. The molecule has 0 spiro atoms. The van der Waals surface area contributed by atoms with Gasteiger partial charge in [0.2, 0.25) is 0 Å². The molecular weight excluding hydrogens is 293 g/mol. The van der Waals surface area contributed by atoms with Gasteiger partial charge >= 0.3 is 6.01 Å². The first-order valence-electron chi connectivity index (χ1n) is 4.35. The van der Waals surface area contributed by atoms with Crippen molar-refractivity contribution in [3.8, 4) is 11.8 Å². The lowest BCUT2D eigenvalue weighted by Gasteiger charge is -2.04. The lowest BCUT2D eigenvalue weighted by atomic mass is 10.3. The van der Waals surface area contributed by atoms with E-state index in [2.05, 4.69) is 25.9 Å². The number of nitrogen functional groups attached to an aromatic ring is 1. The van der Waals surface area contributed by atoms with E-state index in [4.69, 9.17) is 22.1 Å². The molecule has 16 heavy (non-hydrogen) atoms. The highest BCUT2D eigenvalue weighted by Gasteiger charge is 2.02. The fourth-order valence-corrected chi connectivity index (χ4v) is 1.41. The van der Waals surface area contributed by atoms with Gasteiger partial charge in [-0.1, -0.05) is 11.6 Å². The smallest absolute Gasteiger partial charge is 0.321 e. The predicted octanol–water partition coefficient (Wildman–Crippen LogP) is 3.27. The first kappa shape index (κ1) is 11.2.